The molecule has 1 aliphatic carbocycles. The number of hydrogen-bond acceptors (Lipinski definition) is 4. The Morgan fingerprint density at radius 3 is 2.50 bits per heavy atom. The highest BCUT2D eigenvalue weighted by atomic mass is 16.5. The van der Waals surface area contributed by atoms with Gasteiger partial charge in [0.25, 0.3) is 0 Å². The molecule has 6 heteroatoms. The SMILES string of the molecule is COC(=O)CCC1CCC(N2CCN(c3ccc4c(c3)CCN(C)CC4)C2=O)CC1. The summed E-state index contributed by atoms with van der Waals surface area (Å²) in [5.74, 6) is 0.465. The molecule has 1 aromatic rings. The summed E-state index contributed by atoms with van der Waals surface area (Å²) in [6.07, 6.45) is 7.84. The third kappa shape index (κ3) is 4.64. The van der Waals surface area contributed by atoms with Crippen LogP contribution >= 0.6 is 0 Å². The number of hydrogen-bond donors (Lipinski definition) is 0. The van der Waals surface area contributed by atoms with E-state index in [1.54, 1.807) is 0 Å². The molecule has 2 heterocycles. The molecule has 3 aliphatic rings. The molecule has 0 N–H and O–H groups in total. The van der Waals surface area contributed by atoms with Gasteiger partial charge in [-0.2, -0.15) is 0 Å². The molecule has 4 rings (SSSR count). The Bertz CT molecular complexity index is 773. The third-order valence-corrected chi connectivity index (χ3v) is 7.31. The van der Waals surface area contributed by atoms with Gasteiger partial charge in [0.05, 0.1) is 7.11 Å². The van der Waals surface area contributed by atoms with Crippen molar-refractivity contribution in [3.63, 3.8) is 0 Å². The standard InChI is InChI=1S/C24H35N3O3/c1-25-13-11-19-6-9-22(17-20(19)12-14-25)27-16-15-26(24(27)29)21-7-3-18(4-8-21)5-10-23(28)30-2/h6,9,17-18,21H,3-5,7-8,10-16H2,1-2H3. The first-order valence-electron chi connectivity index (χ1n) is 11.5. The largest absolute Gasteiger partial charge is 0.469 e. The average molecular weight is 414 g/mol. The lowest BCUT2D eigenvalue weighted by Crippen LogP contribution is -2.41. The van der Waals surface area contributed by atoms with Crippen LogP contribution in [0.2, 0.25) is 0 Å². The third-order valence-electron chi connectivity index (χ3n) is 7.31. The fourth-order valence-electron chi connectivity index (χ4n) is 5.29. The number of fused-ring (bicyclic) bond motifs is 1. The molecular formula is C24H35N3O3. The molecule has 0 spiro atoms. The van der Waals surface area contributed by atoms with Crippen LogP contribution in [0, 0.1) is 5.92 Å². The van der Waals surface area contributed by atoms with Crippen LogP contribution in [-0.4, -0.2) is 68.2 Å². The second-order valence-electron chi connectivity index (χ2n) is 9.17. The zero-order chi connectivity index (χ0) is 21.1. The number of amides is 2. The molecular weight excluding hydrogens is 378 g/mol. The van der Waals surface area contributed by atoms with Crippen LogP contribution in [0.1, 0.15) is 49.7 Å². The second-order valence-corrected chi connectivity index (χ2v) is 9.17. The Kier molecular flexibility index (Phi) is 6.61. The summed E-state index contributed by atoms with van der Waals surface area (Å²) in [5, 5.41) is 0. The highest BCUT2D eigenvalue weighted by Gasteiger charge is 2.36. The van der Waals surface area contributed by atoms with E-state index in [1.807, 2.05) is 4.90 Å². The summed E-state index contributed by atoms with van der Waals surface area (Å²) in [5.41, 5.74) is 3.88. The zero-order valence-corrected chi connectivity index (χ0v) is 18.4. The summed E-state index contributed by atoms with van der Waals surface area (Å²) < 4.78 is 4.76. The topological polar surface area (TPSA) is 53.1 Å². The predicted molar refractivity (Wildman–Crippen MR) is 118 cm³/mol. The molecule has 1 saturated heterocycles. The van der Waals surface area contributed by atoms with Crippen molar-refractivity contribution in [2.24, 2.45) is 5.92 Å². The summed E-state index contributed by atoms with van der Waals surface area (Å²) in [7, 11) is 3.63. The Morgan fingerprint density at radius 1 is 1.03 bits per heavy atom. The Balaban J connectivity index is 1.34. The number of urea groups is 1. The number of rotatable bonds is 5. The van der Waals surface area contributed by atoms with Crippen LogP contribution in [0.25, 0.3) is 0 Å². The van der Waals surface area contributed by atoms with Crippen molar-refractivity contribution in [2.75, 3.05) is 45.2 Å². The molecule has 2 aliphatic heterocycles. The number of anilines is 1. The maximum Gasteiger partial charge on any atom is 0.324 e. The zero-order valence-electron chi connectivity index (χ0n) is 18.4. The van der Waals surface area contributed by atoms with Crippen LogP contribution in [-0.2, 0) is 22.4 Å². The van der Waals surface area contributed by atoms with Gasteiger partial charge in [0.1, 0.15) is 0 Å². The van der Waals surface area contributed by atoms with Gasteiger partial charge < -0.3 is 14.5 Å². The molecule has 6 nitrogen and oxygen atoms in total. The lowest BCUT2D eigenvalue weighted by Gasteiger charge is -2.34. The summed E-state index contributed by atoms with van der Waals surface area (Å²) in [4.78, 5) is 31.0. The molecule has 0 atom stereocenters. The van der Waals surface area contributed by atoms with E-state index in [2.05, 4.69) is 35.0 Å². The normalized spacial score (nSPS) is 25.2. The summed E-state index contributed by atoms with van der Waals surface area (Å²) >= 11 is 0. The van der Waals surface area contributed by atoms with E-state index in [4.69, 9.17) is 4.74 Å². The fourth-order valence-corrected chi connectivity index (χ4v) is 5.29. The second kappa shape index (κ2) is 9.38. The first kappa shape index (κ1) is 21.2. The van der Waals surface area contributed by atoms with Gasteiger partial charge >= 0.3 is 12.0 Å². The minimum atomic E-state index is -0.116. The van der Waals surface area contributed by atoms with Gasteiger partial charge in [0.2, 0.25) is 0 Å². The van der Waals surface area contributed by atoms with Crippen LogP contribution in [0.4, 0.5) is 10.5 Å². The first-order valence-corrected chi connectivity index (χ1v) is 11.5. The van der Waals surface area contributed by atoms with E-state index in [1.165, 1.54) is 18.2 Å². The molecule has 1 saturated carbocycles. The van der Waals surface area contributed by atoms with E-state index in [0.717, 1.165) is 76.8 Å². The van der Waals surface area contributed by atoms with E-state index >= 15 is 0 Å². The smallest absolute Gasteiger partial charge is 0.324 e. The van der Waals surface area contributed by atoms with E-state index in [0.29, 0.717) is 18.4 Å². The van der Waals surface area contributed by atoms with Crippen molar-refractivity contribution < 1.29 is 14.3 Å². The van der Waals surface area contributed by atoms with Crippen molar-refractivity contribution in [3.05, 3.63) is 29.3 Å². The molecule has 2 amide bonds. The molecule has 164 valence electrons. The number of esters is 1. The lowest BCUT2D eigenvalue weighted by atomic mass is 9.83. The Labute approximate surface area is 180 Å². The van der Waals surface area contributed by atoms with Crippen LogP contribution in [0.3, 0.4) is 0 Å². The van der Waals surface area contributed by atoms with E-state index in [9.17, 15) is 9.59 Å². The van der Waals surface area contributed by atoms with Crippen LogP contribution in [0.15, 0.2) is 18.2 Å². The average Bonchev–Trinajstić information content (AvgIpc) is 3.05. The monoisotopic (exact) mass is 413 g/mol. The fraction of sp³-hybridized carbons (Fsp3) is 0.667. The highest BCUT2D eigenvalue weighted by Crippen LogP contribution is 2.33. The first-order chi connectivity index (χ1) is 14.5. The number of methoxy groups -OCH3 is 1. The van der Waals surface area contributed by atoms with Crippen molar-refractivity contribution >= 4 is 17.7 Å². The minimum absolute atomic E-state index is 0.116. The minimum Gasteiger partial charge on any atom is -0.469 e. The summed E-state index contributed by atoms with van der Waals surface area (Å²) in [6, 6.07) is 7.12. The van der Waals surface area contributed by atoms with Gasteiger partial charge in [0.15, 0.2) is 0 Å². The molecule has 30 heavy (non-hydrogen) atoms. The number of nitrogens with zero attached hydrogens (tertiary/aromatic N) is 3. The van der Waals surface area contributed by atoms with Crippen molar-refractivity contribution in [2.45, 2.75) is 57.4 Å². The van der Waals surface area contributed by atoms with Gasteiger partial charge in [0, 0.05) is 44.3 Å². The Morgan fingerprint density at radius 2 is 1.77 bits per heavy atom. The highest BCUT2D eigenvalue weighted by molar-refractivity contribution is 5.94. The molecule has 1 aromatic carbocycles. The van der Waals surface area contributed by atoms with E-state index < -0.39 is 0 Å². The molecule has 0 aromatic heterocycles. The molecule has 0 unspecified atom stereocenters. The van der Waals surface area contributed by atoms with Gasteiger partial charge in [-0.25, -0.2) is 4.79 Å². The Hall–Kier alpha value is -2.08. The van der Waals surface area contributed by atoms with Gasteiger partial charge in [-0.05, 0) is 81.2 Å². The molecule has 0 radical (unpaired) electrons. The maximum absolute atomic E-state index is 13.2. The lowest BCUT2D eigenvalue weighted by molar-refractivity contribution is -0.141. The van der Waals surface area contributed by atoms with E-state index in [-0.39, 0.29) is 12.0 Å². The summed E-state index contributed by atoms with van der Waals surface area (Å²) in [6.45, 7) is 3.77. The number of likely N-dealkylation sites (N-methyl/N-ethyl adjacent to an activating group) is 1. The number of carbonyl (C=O) groups excluding carboxylic acids is 2. The predicted octanol–water partition coefficient (Wildman–Crippen LogP) is 3.47. The maximum atomic E-state index is 13.2. The van der Waals surface area contributed by atoms with Crippen molar-refractivity contribution in [3.8, 4) is 0 Å². The van der Waals surface area contributed by atoms with Gasteiger partial charge in [-0.15, -0.1) is 0 Å². The number of benzene rings is 1. The van der Waals surface area contributed by atoms with Crippen LogP contribution in [0.5, 0.6) is 0 Å². The van der Waals surface area contributed by atoms with Crippen molar-refractivity contribution in [1.29, 1.82) is 0 Å². The number of carbonyl (C=O) groups is 2. The number of ether oxygens (including phenoxy) is 1. The van der Waals surface area contributed by atoms with Gasteiger partial charge in [-0.3, -0.25) is 9.69 Å². The van der Waals surface area contributed by atoms with Gasteiger partial charge in [-0.1, -0.05) is 6.07 Å². The molecule has 0 bridgehead atoms. The molecule has 2 fully saturated rings. The van der Waals surface area contributed by atoms with Crippen molar-refractivity contribution in [1.82, 2.24) is 9.80 Å². The quantitative estimate of drug-likeness (QED) is 0.694. The van der Waals surface area contributed by atoms with Crippen LogP contribution < -0.4 is 4.90 Å².